The van der Waals surface area contributed by atoms with Crippen LogP contribution in [0.2, 0.25) is 0 Å². The van der Waals surface area contributed by atoms with E-state index >= 15 is 0 Å². The molecule has 1 atom stereocenters. The van der Waals surface area contributed by atoms with E-state index in [4.69, 9.17) is 0 Å². The molecule has 1 saturated heterocycles. The number of nitrogens with zero attached hydrogens (tertiary/aromatic N) is 1. The van der Waals surface area contributed by atoms with Gasteiger partial charge in [0.1, 0.15) is 0 Å². The molecule has 2 rings (SSSR count). The van der Waals surface area contributed by atoms with Crippen molar-refractivity contribution in [3.05, 3.63) is 35.9 Å². The van der Waals surface area contributed by atoms with Crippen LogP contribution in [0, 0.1) is 5.92 Å². The molecule has 0 spiro atoms. The lowest BCUT2D eigenvalue weighted by atomic mass is 9.99. The maximum absolute atomic E-state index is 10.9. The van der Waals surface area contributed by atoms with Crippen LogP contribution >= 0.6 is 0 Å². The standard InChI is InChI=1S/C11H12NO/c13-11-7-10(8-12-11)6-9-4-2-1-3-5-9/h1-5,10H,6-8H2. The summed E-state index contributed by atoms with van der Waals surface area (Å²) < 4.78 is 0. The van der Waals surface area contributed by atoms with E-state index in [1.54, 1.807) is 0 Å². The van der Waals surface area contributed by atoms with Crippen molar-refractivity contribution in [3.63, 3.8) is 0 Å². The van der Waals surface area contributed by atoms with Crippen molar-refractivity contribution in [1.29, 1.82) is 0 Å². The number of hydrogen-bond donors (Lipinski definition) is 0. The Labute approximate surface area is 78.0 Å². The average molecular weight is 174 g/mol. The largest absolute Gasteiger partial charge is 0.273 e. The molecular weight excluding hydrogens is 162 g/mol. The summed E-state index contributed by atoms with van der Waals surface area (Å²) >= 11 is 0. The predicted octanol–water partition coefficient (Wildman–Crippen LogP) is 1.38. The van der Waals surface area contributed by atoms with Crippen molar-refractivity contribution < 1.29 is 4.79 Å². The van der Waals surface area contributed by atoms with Gasteiger partial charge < -0.3 is 0 Å². The third kappa shape index (κ3) is 2.08. The molecule has 1 aliphatic rings. The fraction of sp³-hybridized carbons (Fsp3) is 0.364. The van der Waals surface area contributed by atoms with Crippen molar-refractivity contribution in [3.8, 4) is 0 Å². The molecule has 1 heterocycles. The third-order valence-electron chi connectivity index (χ3n) is 2.36. The SMILES string of the molecule is O=C1CC(Cc2ccccc2)C[N]1. The smallest absolute Gasteiger partial charge is 0.241 e. The first kappa shape index (κ1) is 8.30. The Kier molecular flexibility index (Phi) is 2.30. The summed E-state index contributed by atoms with van der Waals surface area (Å²) in [6.07, 6.45) is 1.62. The van der Waals surface area contributed by atoms with Crippen LogP contribution < -0.4 is 5.32 Å². The number of amides is 1. The van der Waals surface area contributed by atoms with E-state index in [1.165, 1.54) is 5.56 Å². The fourth-order valence-corrected chi connectivity index (χ4v) is 1.69. The third-order valence-corrected chi connectivity index (χ3v) is 2.36. The molecule has 0 bridgehead atoms. The van der Waals surface area contributed by atoms with Crippen molar-refractivity contribution in [2.24, 2.45) is 5.92 Å². The van der Waals surface area contributed by atoms with Gasteiger partial charge in [0.2, 0.25) is 5.91 Å². The zero-order valence-electron chi connectivity index (χ0n) is 7.44. The first-order valence-electron chi connectivity index (χ1n) is 4.59. The molecule has 0 aromatic heterocycles. The summed E-state index contributed by atoms with van der Waals surface area (Å²) in [5.41, 5.74) is 1.30. The van der Waals surface area contributed by atoms with Crippen molar-refractivity contribution in [2.75, 3.05) is 6.54 Å². The summed E-state index contributed by atoms with van der Waals surface area (Å²) in [5, 5.41) is 3.87. The zero-order valence-corrected chi connectivity index (χ0v) is 7.44. The number of benzene rings is 1. The molecule has 1 aliphatic heterocycles. The van der Waals surface area contributed by atoms with Crippen LogP contribution in [0.5, 0.6) is 0 Å². The summed E-state index contributed by atoms with van der Waals surface area (Å²) in [6, 6.07) is 10.3. The maximum atomic E-state index is 10.9. The quantitative estimate of drug-likeness (QED) is 0.666. The highest BCUT2D eigenvalue weighted by Crippen LogP contribution is 2.16. The van der Waals surface area contributed by atoms with Gasteiger partial charge >= 0.3 is 0 Å². The van der Waals surface area contributed by atoms with Crippen molar-refractivity contribution >= 4 is 5.91 Å². The summed E-state index contributed by atoms with van der Waals surface area (Å²) in [7, 11) is 0. The van der Waals surface area contributed by atoms with E-state index in [-0.39, 0.29) is 5.91 Å². The Morgan fingerprint density at radius 2 is 2.08 bits per heavy atom. The molecule has 2 nitrogen and oxygen atoms in total. The molecule has 67 valence electrons. The molecule has 13 heavy (non-hydrogen) atoms. The minimum Gasteiger partial charge on any atom is -0.273 e. The molecule has 1 radical (unpaired) electrons. The van der Waals surface area contributed by atoms with Gasteiger partial charge in [0.15, 0.2) is 0 Å². The van der Waals surface area contributed by atoms with Crippen LogP contribution in [0.25, 0.3) is 0 Å². The second-order valence-corrected chi connectivity index (χ2v) is 3.49. The molecule has 1 aromatic rings. The molecule has 1 amide bonds. The molecular formula is C11H12NO. The number of hydrogen-bond acceptors (Lipinski definition) is 1. The van der Waals surface area contributed by atoms with E-state index in [0.29, 0.717) is 18.9 Å². The Bertz CT molecular complexity index is 294. The van der Waals surface area contributed by atoms with Gasteiger partial charge in [0.05, 0.1) is 0 Å². The lowest BCUT2D eigenvalue weighted by Gasteiger charge is -2.05. The summed E-state index contributed by atoms with van der Waals surface area (Å²) in [6.45, 7) is 0.716. The van der Waals surface area contributed by atoms with Gasteiger partial charge in [-0.2, -0.15) is 0 Å². The fourth-order valence-electron chi connectivity index (χ4n) is 1.69. The molecule has 1 unspecified atom stereocenters. The lowest BCUT2D eigenvalue weighted by molar-refractivity contribution is -0.119. The van der Waals surface area contributed by atoms with Gasteiger partial charge in [-0.15, -0.1) is 0 Å². The van der Waals surface area contributed by atoms with Crippen molar-refractivity contribution in [1.82, 2.24) is 5.32 Å². The number of carbonyl (C=O) groups excluding carboxylic acids is 1. The highest BCUT2D eigenvalue weighted by Gasteiger charge is 2.22. The molecule has 0 saturated carbocycles. The van der Waals surface area contributed by atoms with Gasteiger partial charge in [0, 0.05) is 13.0 Å². The predicted molar refractivity (Wildman–Crippen MR) is 50.3 cm³/mol. The molecule has 2 heteroatoms. The molecule has 1 fully saturated rings. The van der Waals surface area contributed by atoms with E-state index in [2.05, 4.69) is 17.4 Å². The minimum absolute atomic E-state index is 0.0703. The van der Waals surface area contributed by atoms with Crippen LogP contribution in [0.4, 0.5) is 0 Å². The highest BCUT2D eigenvalue weighted by molar-refractivity contribution is 5.78. The van der Waals surface area contributed by atoms with E-state index < -0.39 is 0 Å². The monoisotopic (exact) mass is 174 g/mol. The Hall–Kier alpha value is -1.31. The van der Waals surface area contributed by atoms with Crippen LogP contribution in [0.3, 0.4) is 0 Å². The Balaban J connectivity index is 1.96. The summed E-state index contributed by atoms with van der Waals surface area (Å²) in [5.74, 6) is 0.510. The zero-order chi connectivity index (χ0) is 9.10. The van der Waals surface area contributed by atoms with E-state index in [1.807, 2.05) is 18.2 Å². The molecule has 1 aromatic carbocycles. The number of rotatable bonds is 2. The van der Waals surface area contributed by atoms with Crippen molar-refractivity contribution in [2.45, 2.75) is 12.8 Å². The molecule has 0 aliphatic carbocycles. The van der Waals surface area contributed by atoms with E-state index in [9.17, 15) is 4.79 Å². The summed E-state index contributed by atoms with van der Waals surface area (Å²) in [4.78, 5) is 10.9. The van der Waals surface area contributed by atoms with Crippen LogP contribution in [-0.2, 0) is 11.2 Å². The van der Waals surface area contributed by atoms with Gasteiger partial charge in [-0.25, -0.2) is 0 Å². The topological polar surface area (TPSA) is 31.2 Å². The lowest BCUT2D eigenvalue weighted by Crippen LogP contribution is -2.06. The van der Waals surface area contributed by atoms with Crippen LogP contribution in [0.1, 0.15) is 12.0 Å². The van der Waals surface area contributed by atoms with Crippen LogP contribution in [0.15, 0.2) is 30.3 Å². The maximum Gasteiger partial charge on any atom is 0.241 e. The molecule has 0 N–H and O–H groups in total. The van der Waals surface area contributed by atoms with Crippen LogP contribution in [-0.4, -0.2) is 12.5 Å². The van der Waals surface area contributed by atoms with E-state index in [0.717, 1.165) is 6.42 Å². The van der Waals surface area contributed by atoms with Gasteiger partial charge in [-0.1, -0.05) is 30.3 Å². The Morgan fingerprint density at radius 1 is 1.31 bits per heavy atom. The first-order valence-corrected chi connectivity index (χ1v) is 4.59. The Morgan fingerprint density at radius 3 is 2.69 bits per heavy atom. The average Bonchev–Trinajstić information content (AvgIpc) is 2.53. The second kappa shape index (κ2) is 3.60. The minimum atomic E-state index is 0.0703. The highest BCUT2D eigenvalue weighted by atomic mass is 16.1. The van der Waals surface area contributed by atoms with Gasteiger partial charge in [-0.05, 0) is 17.9 Å². The normalized spacial score (nSPS) is 21.5. The van der Waals surface area contributed by atoms with Gasteiger partial charge in [-0.3, -0.25) is 10.1 Å². The first-order chi connectivity index (χ1) is 6.34. The van der Waals surface area contributed by atoms with Gasteiger partial charge in [0.25, 0.3) is 0 Å². The second-order valence-electron chi connectivity index (χ2n) is 3.49. The number of carbonyl (C=O) groups is 1.